The van der Waals surface area contributed by atoms with Gasteiger partial charge in [-0.15, -0.1) is 11.8 Å². The van der Waals surface area contributed by atoms with Crippen LogP contribution in [-0.2, 0) is 23.8 Å². The molecule has 0 heterocycles. The van der Waals surface area contributed by atoms with Gasteiger partial charge in [-0.05, 0) is 113 Å². The van der Waals surface area contributed by atoms with Gasteiger partial charge in [0.15, 0.2) is 19.0 Å². The fourth-order valence-corrected chi connectivity index (χ4v) is 10.1. The minimum absolute atomic E-state index is 0.0183. The van der Waals surface area contributed by atoms with Crippen molar-refractivity contribution in [2.24, 2.45) is 28.6 Å². The normalized spacial score (nSPS) is 30.0. The zero-order valence-electron chi connectivity index (χ0n) is 30.2. The van der Waals surface area contributed by atoms with Crippen molar-refractivity contribution in [3.63, 3.8) is 0 Å². The number of ketones is 1. The van der Waals surface area contributed by atoms with Gasteiger partial charge in [0.2, 0.25) is 5.91 Å². The average Bonchev–Trinajstić information content (AvgIpc) is 3.33. The summed E-state index contributed by atoms with van der Waals surface area (Å²) in [6, 6.07) is 0. The Hall–Kier alpha value is -1.66. The fourth-order valence-electron chi connectivity index (χ4n) is 8.79. The molecule has 0 bridgehead atoms. The molecule has 4 N–H and O–H groups in total. The number of aliphatic hydroxyl groups is 3. The Kier molecular flexibility index (Phi) is 14.7. The second-order valence-corrected chi connectivity index (χ2v) is 16.8. The van der Waals surface area contributed by atoms with E-state index in [0.717, 1.165) is 56.3 Å². The molecule has 48 heavy (non-hydrogen) atoms. The zero-order chi connectivity index (χ0) is 34.8. The molecule has 2 amide bonds. The zero-order valence-corrected chi connectivity index (χ0v) is 31.0. The first-order chi connectivity index (χ1) is 22.8. The molecule has 3 fully saturated rings. The Morgan fingerprint density at radius 3 is 2.29 bits per heavy atom. The Morgan fingerprint density at radius 2 is 1.60 bits per heavy atom. The number of carbonyl (C=O) groups is 3. The number of thioether (sulfide) groups is 1. The molecule has 0 aromatic rings. The molecule has 6 atom stereocenters. The number of hydrogen-bond donors (Lipinski definition) is 3. The van der Waals surface area contributed by atoms with Crippen LogP contribution >= 0.6 is 11.8 Å². The van der Waals surface area contributed by atoms with Crippen LogP contribution in [0.1, 0.15) is 105 Å². The smallest absolute Gasteiger partial charge is 0.407 e. The first-order valence-electron chi connectivity index (χ1n) is 18.4. The van der Waals surface area contributed by atoms with E-state index < -0.39 is 11.7 Å². The van der Waals surface area contributed by atoms with Crippen LogP contribution in [0.15, 0.2) is 10.5 Å². The average molecular weight is 696 g/mol. The molecule has 0 aromatic heterocycles. The minimum atomic E-state index is -0.497. The largest absolute Gasteiger partial charge is 0.444 e. The topological polar surface area (TPSA) is 136 Å². The van der Waals surface area contributed by atoms with E-state index in [1.165, 1.54) is 5.57 Å². The van der Waals surface area contributed by atoms with E-state index in [1.807, 2.05) is 20.8 Å². The Balaban J connectivity index is 1.02. The second kappa shape index (κ2) is 18.0. The van der Waals surface area contributed by atoms with Gasteiger partial charge in [0.1, 0.15) is 18.8 Å². The SMILES string of the molecule is CC(C)(C)OC(=O)NCCCOCC[OH+]CCOCCCNC(=O)CCSC1=C2CCC3C(CCC4(C)C(O)CCC34)C2(C)CCC1=O. The highest BCUT2D eigenvalue weighted by atomic mass is 32.2. The van der Waals surface area contributed by atoms with Gasteiger partial charge in [-0.1, -0.05) is 13.8 Å². The predicted octanol–water partition coefficient (Wildman–Crippen LogP) is 5.31. The van der Waals surface area contributed by atoms with Crippen LogP contribution in [0.2, 0.25) is 0 Å². The van der Waals surface area contributed by atoms with Gasteiger partial charge in [0.05, 0.1) is 11.0 Å². The summed E-state index contributed by atoms with van der Waals surface area (Å²) < 4.78 is 20.8. The molecular weight excluding hydrogens is 632 g/mol. The van der Waals surface area contributed by atoms with Crippen molar-refractivity contribution in [3.8, 4) is 0 Å². The van der Waals surface area contributed by atoms with Crippen LogP contribution in [0.25, 0.3) is 0 Å². The molecule has 274 valence electrons. The molecule has 0 aromatic carbocycles. The second-order valence-electron chi connectivity index (χ2n) is 15.7. The van der Waals surface area contributed by atoms with Crippen molar-refractivity contribution in [3.05, 3.63) is 10.5 Å². The molecule has 4 aliphatic rings. The number of hydrogen-bond acceptors (Lipinski definition) is 8. The van der Waals surface area contributed by atoms with Crippen LogP contribution in [-0.4, -0.2) is 97.8 Å². The fraction of sp³-hybridized carbons (Fsp3) is 0.865. The number of nitrogens with one attached hydrogen (secondary N) is 2. The molecule has 6 unspecified atom stereocenters. The van der Waals surface area contributed by atoms with Crippen molar-refractivity contribution in [2.45, 2.75) is 117 Å². The molecule has 0 saturated heterocycles. The third-order valence-electron chi connectivity index (χ3n) is 11.3. The number of Topliss-reactive ketones (excluding diaryl/α,β-unsaturated/α-hetero) is 1. The maximum atomic E-state index is 13.1. The lowest BCUT2D eigenvalue weighted by molar-refractivity contribution is -0.121. The lowest BCUT2D eigenvalue weighted by Gasteiger charge is -2.58. The van der Waals surface area contributed by atoms with Crippen LogP contribution < -0.4 is 10.6 Å². The summed E-state index contributed by atoms with van der Waals surface area (Å²) in [7, 11) is 0. The number of carbonyl (C=O) groups excluding carboxylic acids is 3. The van der Waals surface area contributed by atoms with Gasteiger partial charge in [-0.25, -0.2) is 4.79 Å². The summed E-state index contributed by atoms with van der Waals surface area (Å²) in [5.74, 6) is 2.76. The number of amides is 2. The molecule has 0 radical (unpaired) electrons. The highest BCUT2D eigenvalue weighted by Crippen LogP contribution is 2.66. The summed E-state index contributed by atoms with van der Waals surface area (Å²) in [6.07, 6.45) is 9.27. The number of ether oxygens (including phenoxy) is 4. The number of rotatable bonds is 18. The summed E-state index contributed by atoms with van der Waals surface area (Å²) >= 11 is 1.61. The molecule has 0 spiro atoms. The van der Waals surface area contributed by atoms with Crippen molar-refractivity contribution >= 4 is 29.5 Å². The van der Waals surface area contributed by atoms with Gasteiger partial charge < -0.3 is 34.7 Å². The maximum absolute atomic E-state index is 13.1. The first-order valence-corrected chi connectivity index (χ1v) is 19.4. The minimum Gasteiger partial charge on any atom is -0.444 e. The Labute approximate surface area is 292 Å². The van der Waals surface area contributed by atoms with Crippen LogP contribution in [0, 0.1) is 28.6 Å². The summed E-state index contributed by atoms with van der Waals surface area (Å²) in [5, 5.41) is 16.5. The molecule has 10 nitrogen and oxygen atoms in total. The third-order valence-corrected chi connectivity index (χ3v) is 12.5. The van der Waals surface area contributed by atoms with Crippen molar-refractivity contribution in [1.82, 2.24) is 10.6 Å². The van der Waals surface area contributed by atoms with E-state index in [9.17, 15) is 19.5 Å². The van der Waals surface area contributed by atoms with Gasteiger partial charge in [-0.3, -0.25) is 9.59 Å². The number of aliphatic hydroxyl groups excluding tert-OH is 1. The summed E-state index contributed by atoms with van der Waals surface area (Å²) in [4.78, 5) is 38.2. The van der Waals surface area contributed by atoms with Crippen molar-refractivity contribution in [1.29, 1.82) is 0 Å². The van der Waals surface area contributed by atoms with E-state index in [4.69, 9.17) is 14.2 Å². The van der Waals surface area contributed by atoms with Crippen molar-refractivity contribution in [2.75, 3.05) is 58.5 Å². The third kappa shape index (κ3) is 10.4. The van der Waals surface area contributed by atoms with Crippen molar-refractivity contribution < 1.29 is 38.4 Å². The van der Waals surface area contributed by atoms with E-state index >= 15 is 0 Å². The van der Waals surface area contributed by atoms with Gasteiger partial charge >= 0.3 is 6.09 Å². The van der Waals surface area contributed by atoms with Crippen LogP contribution in [0.4, 0.5) is 4.79 Å². The monoisotopic (exact) mass is 695 g/mol. The molecule has 3 saturated carbocycles. The highest BCUT2D eigenvalue weighted by Gasteiger charge is 2.59. The van der Waals surface area contributed by atoms with Gasteiger partial charge in [0.25, 0.3) is 0 Å². The van der Waals surface area contributed by atoms with Gasteiger partial charge in [-0.2, -0.15) is 0 Å². The first kappa shape index (κ1) is 39.1. The molecule has 11 heteroatoms. The molecule has 4 rings (SSSR count). The lowest BCUT2D eigenvalue weighted by Crippen LogP contribution is -2.51. The Bertz CT molecular complexity index is 1130. The maximum Gasteiger partial charge on any atom is 0.407 e. The number of alkyl carbamates (subject to hydrolysis) is 1. The van der Waals surface area contributed by atoms with E-state index in [-0.39, 0.29) is 28.6 Å². The van der Waals surface area contributed by atoms with E-state index in [2.05, 4.69) is 29.2 Å². The molecular formula is C37H63N2O8S+. The highest BCUT2D eigenvalue weighted by molar-refractivity contribution is 8.04. The number of allylic oxidation sites excluding steroid dienone is 1. The van der Waals surface area contributed by atoms with E-state index in [0.29, 0.717) is 95.5 Å². The Morgan fingerprint density at radius 1 is 0.917 bits per heavy atom. The summed E-state index contributed by atoms with van der Waals surface area (Å²) in [6.45, 7) is 14.7. The molecule has 0 aliphatic heterocycles. The quantitative estimate of drug-likeness (QED) is 0.130. The summed E-state index contributed by atoms with van der Waals surface area (Å²) in [5.41, 5.74) is 1.01. The van der Waals surface area contributed by atoms with Gasteiger partial charge in [0, 0.05) is 44.9 Å². The predicted molar refractivity (Wildman–Crippen MR) is 189 cm³/mol. The molecule has 4 aliphatic carbocycles. The lowest BCUT2D eigenvalue weighted by atomic mass is 9.47. The van der Waals surface area contributed by atoms with Crippen LogP contribution in [0.3, 0.4) is 0 Å². The number of fused-ring (bicyclic) bond motifs is 5. The van der Waals surface area contributed by atoms with E-state index in [1.54, 1.807) is 11.8 Å². The standard InChI is InChI=1S/C37H62N2O8S/c1-35(2,3)47-34(43)39-18-7-20-45-22-24-46-23-21-44-19-6-17-38-32(42)14-25-48-33-29-9-8-26-27-10-11-31(41)37(27,5)15-12-28(26)36(29,4)16-13-30(33)40/h26-28,31,41H,6-25H2,1-5H3,(H,38,42)(H,39,43)/p+1. The van der Waals surface area contributed by atoms with Crippen LogP contribution in [0.5, 0.6) is 0 Å².